The zero-order chi connectivity index (χ0) is 17.3. The highest BCUT2D eigenvalue weighted by Gasteiger charge is 2.42. The molecule has 128 valence electrons. The number of methoxy groups -OCH3 is 1. The summed E-state index contributed by atoms with van der Waals surface area (Å²) in [5, 5.41) is 0. The van der Waals surface area contributed by atoms with Gasteiger partial charge in [-0.3, -0.25) is 14.5 Å². The van der Waals surface area contributed by atoms with E-state index in [-0.39, 0.29) is 11.8 Å². The molecule has 0 aliphatic carbocycles. The lowest BCUT2D eigenvalue weighted by Crippen LogP contribution is -2.39. The number of likely N-dealkylation sites (tertiary alicyclic amines) is 1. The van der Waals surface area contributed by atoms with Crippen molar-refractivity contribution in [2.45, 2.75) is 26.7 Å². The van der Waals surface area contributed by atoms with Crippen LogP contribution in [0.25, 0.3) is 5.57 Å². The molecule has 0 spiro atoms. The first-order chi connectivity index (χ1) is 11.6. The third kappa shape index (κ3) is 2.68. The summed E-state index contributed by atoms with van der Waals surface area (Å²) in [6, 6.07) is 7.41. The fraction of sp³-hybridized carbons (Fsp3) is 0.474. The second kappa shape index (κ2) is 6.67. The Morgan fingerprint density at radius 2 is 1.96 bits per heavy atom. The summed E-state index contributed by atoms with van der Waals surface area (Å²) in [5.41, 5.74) is 1.72. The smallest absolute Gasteiger partial charge is 0.277 e. The van der Waals surface area contributed by atoms with E-state index in [0.717, 1.165) is 25.9 Å². The van der Waals surface area contributed by atoms with Gasteiger partial charge < -0.3 is 9.64 Å². The van der Waals surface area contributed by atoms with Crippen LogP contribution >= 0.6 is 0 Å². The molecule has 2 amide bonds. The van der Waals surface area contributed by atoms with Gasteiger partial charge in [-0.25, -0.2) is 0 Å². The van der Waals surface area contributed by atoms with Crippen LogP contribution in [-0.2, 0) is 9.59 Å². The second-order valence-electron chi connectivity index (χ2n) is 6.47. The largest absolute Gasteiger partial charge is 0.496 e. The molecule has 0 aromatic heterocycles. The molecule has 1 aromatic rings. The molecule has 5 heteroatoms. The van der Waals surface area contributed by atoms with Crippen LogP contribution in [0.2, 0.25) is 0 Å². The number of para-hydroxylation sites is 1. The van der Waals surface area contributed by atoms with E-state index in [4.69, 9.17) is 4.74 Å². The molecule has 5 nitrogen and oxygen atoms in total. The number of piperidine rings is 1. The zero-order valence-corrected chi connectivity index (χ0v) is 14.5. The van der Waals surface area contributed by atoms with Crippen molar-refractivity contribution in [2.24, 2.45) is 5.92 Å². The highest BCUT2D eigenvalue weighted by molar-refractivity contribution is 6.36. The highest BCUT2D eigenvalue weighted by Crippen LogP contribution is 2.37. The molecule has 1 atom stereocenters. The third-order valence-corrected chi connectivity index (χ3v) is 4.81. The lowest BCUT2D eigenvalue weighted by Gasteiger charge is -2.33. The van der Waals surface area contributed by atoms with E-state index >= 15 is 0 Å². The van der Waals surface area contributed by atoms with E-state index in [1.165, 1.54) is 4.90 Å². The Kier molecular flexibility index (Phi) is 4.60. The number of likely N-dealkylation sites (N-methyl/N-ethyl adjacent to an activating group) is 1. The number of ether oxygens (including phenoxy) is 1. The van der Waals surface area contributed by atoms with Gasteiger partial charge in [0.15, 0.2) is 0 Å². The van der Waals surface area contributed by atoms with E-state index in [1.807, 2.05) is 31.2 Å². The molecule has 2 aliphatic rings. The summed E-state index contributed by atoms with van der Waals surface area (Å²) >= 11 is 0. The molecule has 3 rings (SSSR count). The SMILES string of the molecule is CCN1C(=O)C(c2ccccc2OC)=C(N2CCCC(C)C2)C1=O. The van der Waals surface area contributed by atoms with Crippen molar-refractivity contribution < 1.29 is 14.3 Å². The predicted octanol–water partition coefficient (Wildman–Crippen LogP) is 2.53. The number of imide groups is 1. The van der Waals surface area contributed by atoms with Gasteiger partial charge in [-0.05, 0) is 31.7 Å². The van der Waals surface area contributed by atoms with Gasteiger partial charge >= 0.3 is 0 Å². The summed E-state index contributed by atoms with van der Waals surface area (Å²) in [5.74, 6) is 0.732. The van der Waals surface area contributed by atoms with Crippen molar-refractivity contribution in [2.75, 3.05) is 26.7 Å². The summed E-state index contributed by atoms with van der Waals surface area (Å²) in [6.07, 6.45) is 2.20. The molecule has 1 unspecified atom stereocenters. The number of hydrogen-bond donors (Lipinski definition) is 0. The van der Waals surface area contributed by atoms with Crippen LogP contribution in [0.4, 0.5) is 0 Å². The maximum Gasteiger partial charge on any atom is 0.277 e. The van der Waals surface area contributed by atoms with E-state index in [2.05, 4.69) is 11.8 Å². The molecule has 24 heavy (non-hydrogen) atoms. The summed E-state index contributed by atoms with van der Waals surface area (Å²) in [6.45, 7) is 6.02. The van der Waals surface area contributed by atoms with Crippen LogP contribution in [-0.4, -0.2) is 48.4 Å². The Hall–Kier alpha value is -2.30. The van der Waals surface area contributed by atoms with Crippen LogP contribution in [0, 0.1) is 5.92 Å². The molecule has 1 saturated heterocycles. The molecule has 2 heterocycles. The lowest BCUT2D eigenvalue weighted by atomic mass is 9.97. The number of nitrogens with zero attached hydrogens (tertiary/aromatic N) is 2. The van der Waals surface area contributed by atoms with Crippen molar-refractivity contribution in [1.82, 2.24) is 9.80 Å². The van der Waals surface area contributed by atoms with Crippen molar-refractivity contribution in [3.05, 3.63) is 35.5 Å². The van der Waals surface area contributed by atoms with E-state index < -0.39 is 0 Å². The van der Waals surface area contributed by atoms with Gasteiger partial charge in [-0.2, -0.15) is 0 Å². The topological polar surface area (TPSA) is 49.9 Å². The zero-order valence-electron chi connectivity index (χ0n) is 14.5. The second-order valence-corrected chi connectivity index (χ2v) is 6.47. The van der Waals surface area contributed by atoms with Crippen LogP contribution in [0.5, 0.6) is 5.75 Å². The van der Waals surface area contributed by atoms with E-state index in [1.54, 1.807) is 7.11 Å². The average Bonchev–Trinajstić information content (AvgIpc) is 2.84. The number of hydrogen-bond acceptors (Lipinski definition) is 4. The van der Waals surface area contributed by atoms with Crippen molar-refractivity contribution >= 4 is 17.4 Å². The summed E-state index contributed by atoms with van der Waals surface area (Å²) in [7, 11) is 1.58. The first-order valence-corrected chi connectivity index (χ1v) is 8.57. The number of benzene rings is 1. The minimum Gasteiger partial charge on any atom is -0.496 e. The quantitative estimate of drug-likeness (QED) is 0.797. The molecule has 0 bridgehead atoms. The van der Waals surface area contributed by atoms with Crippen LogP contribution in [0.15, 0.2) is 30.0 Å². The summed E-state index contributed by atoms with van der Waals surface area (Å²) in [4.78, 5) is 29.2. The Bertz CT molecular complexity index is 696. The average molecular weight is 328 g/mol. The molecular formula is C19H24N2O3. The Morgan fingerprint density at radius 3 is 2.62 bits per heavy atom. The van der Waals surface area contributed by atoms with Crippen LogP contribution in [0.1, 0.15) is 32.3 Å². The fourth-order valence-corrected chi connectivity index (χ4v) is 3.63. The number of amides is 2. The van der Waals surface area contributed by atoms with Gasteiger partial charge in [0.1, 0.15) is 11.4 Å². The van der Waals surface area contributed by atoms with Gasteiger partial charge in [0.05, 0.1) is 12.7 Å². The van der Waals surface area contributed by atoms with Crippen LogP contribution < -0.4 is 4.74 Å². The Labute approximate surface area is 142 Å². The number of carbonyl (C=O) groups is 2. The molecular weight excluding hydrogens is 304 g/mol. The molecule has 2 aliphatic heterocycles. The Morgan fingerprint density at radius 1 is 1.21 bits per heavy atom. The third-order valence-electron chi connectivity index (χ3n) is 4.81. The van der Waals surface area contributed by atoms with Gasteiger partial charge in [0, 0.05) is 25.2 Å². The molecule has 1 fully saturated rings. The maximum absolute atomic E-state index is 12.9. The number of rotatable bonds is 4. The van der Waals surface area contributed by atoms with Crippen molar-refractivity contribution in [3.63, 3.8) is 0 Å². The highest BCUT2D eigenvalue weighted by atomic mass is 16.5. The first-order valence-electron chi connectivity index (χ1n) is 8.57. The summed E-state index contributed by atoms with van der Waals surface area (Å²) < 4.78 is 5.43. The molecule has 0 saturated carbocycles. The van der Waals surface area contributed by atoms with Crippen molar-refractivity contribution in [3.8, 4) is 5.75 Å². The van der Waals surface area contributed by atoms with Gasteiger partial charge in [0.25, 0.3) is 11.8 Å². The Balaban J connectivity index is 2.14. The standard InChI is InChI=1S/C19H24N2O3/c1-4-21-18(22)16(14-9-5-6-10-15(14)24-3)17(19(21)23)20-11-7-8-13(2)12-20/h5-6,9-10,13H,4,7-8,11-12H2,1-3H3. The monoisotopic (exact) mass is 328 g/mol. The molecule has 0 N–H and O–H groups in total. The van der Waals surface area contributed by atoms with Crippen molar-refractivity contribution in [1.29, 1.82) is 0 Å². The van der Waals surface area contributed by atoms with E-state index in [9.17, 15) is 9.59 Å². The van der Waals surface area contributed by atoms with Crippen LogP contribution in [0.3, 0.4) is 0 Å². The first kappa shape index (κ1) is 16.6. The van der Waals surface area contributed by atoms with Gasteiger partial charge in [-0.15, -0.1) is 0 Å². The predicted molar refractivity (Wildman–Crippen MR) is 92.3 cm³/mol. The number of carbonyl (C=O) groups excluding carboxylic acids is 2. The van der Waals surface area contributed by atoms with Gasteiger partial charge in [0.2, 0.25) is 0 Å². The van der Waals surface area contributed by atoms with Gasteiger partial charge in [-0.1, -0.05) is 25.1 Å². The molecule has 1 aromatic carbocycles. The fourth-order valence-electron chi connectivity index (χ4n) is 3.63. The molecule has 0 radical (unpaired) electrons. The normalized spacial score (nSPS) is 21.7. The minimum atomic E-state index is -0.222. The maximum atomic E-state index is 12.9. The van der Waals surface area contributed by atoms with E-state index in [0.29, 0.717) is 35.0 Å². The lowest BCUT2D eigenvalue weighted by molar-refractivity contribution is -0.137. The minimum absolute atomic E-state index is 0.183.